The maximum atomic E-state index is 12.9. The van der Waals surface area contributed by atoms with Gasteiger partial charge in [-0.05, 0) is 56.0 Å². The Morgan fingerprint density at radius 2 is 1.71 bits per heavy atom. The zero-order valence-corrected chi connectivity index (χ0v) is 17.3. The van der Waals surface area contributed by atoms with Crippen LogP contribution < -0.4 is 4.74 Å². The lowest BCUT2D eigenvalue weighted by Crippen LogP contribution is -2.41. The average molecular weight is 399 g/mol. The third-order valence-corrected chi connectivity index (χ3v) is 6.12. The predicted octanol–water partition coefficient (Wildman–Crippen LogP) is 4.75. The number of ether oxygens (including phenoxy) is 1. The van der Waals surface area contributed by atoms with E-state index in [0.717, 1.165) is 31.7 Å². The first kappa shape index (κ1) is 19.3. The molecular formula is C23H27ClN2O2. The lowest BCUT2D eigenvalue weighted by Gasteiger charge is -2.34. The van der Waals surface area contributed by atoms with Crippen LogP contribution in [0.1, 0.15) is 48.2 Å². The van der Waals surface area contributed by atoms with Crippen molar-refractivity contribution in [3.63, 3.8) is 0 Å². The second-order valence-electron chi connectivity index (χ2n) is 8.02. The number of amides is 1. The van der Waals surface area contributed by atoms with E-state index in [2.05, 4.69) is 30.9 Å². The van der Waals surface area contributed by atoms with Crippen molar-refractivity contribution in [2.75, 3.05) is 13.1 Å². The standard InChI is InChI=1S/C23H27ClN2O2/c1-16(2)25-11-9-19(10-12-25)28-20-7-8-21(22(24)13-20)23(27)26-14-17-5-3-4-6-18(17)15-26/h3-8,13,16,19H,9-12,14-15H2,1-2H3. The molecule has 0 spiro atoms. The Labute approximate surface area is 172 Å². The van der Waals surface area contributed by atoms with Crippen LogP contribution in [0.5, 0.6) is 5.75 Å². The first-order chi connectivity index (χ1) is 13.5. The number of nitrogens with zero attached hydrogens (tertiary/aromatic N) is 2. The molecule has 2 aromatic rings. The van der Waals surface area contributed by atoms with E-state index in [-0.39, 0.29) is 12.0 Å². The molecule has 0 aliphatic carbocycles. The molecule has 2 aliphatic heterocycles. The minimum absolute atomic E-state index is 0.0296. The van der Waals surface area contributed by atoms with Crippen molar-refractivity contribution in [3.8, 4) is 5.75 Å². The van der Waals surface area contributed by atoms with Gasteiger partial charge >= 0.3 is 0 Å². The number of rotatable bonds is 4. The van der Waals surface area contributed by atoms with E-state index < -0.39 is 0 Å². The Bertz CT molecular complexity index is 834. The van der Waals surface area contributed by atoms with Crippen molar-refractivity contribution in [1.29, 1.82) is 0 Å². The number of hydrogen-bond acceptors (Lipinski definition) is 3. The Morgan fingerprint density at radius 3 is 2.29 bits per heavy atom. The van der Waals surface area contributed by atoms with Crippen LogP contribution in [0.3, 0.4) is 0 Å². The largest absolute Gasteiger partial charge is 0.490 e. The van der Waals surface area contributed by atoms with E-state index in [9.17, 15) is 4.79 Å². The summed E-state index contributed by atoms with van der Waals surface area (Å²) in [6, 6.07) is 14.2. The molecule has 2 aliphatic rings. The molecule has 0 N–H and O–H groups in total. The molecule has 1 fully saturated rings. The lowest BCUT2D eigenvalue weighted by atomic mass is 10.1. The molecule has 0 bridgehead atoms. The van der Waals surface area contributed by atoms with Gasteiger partial charge in [-0.3, -0.25) is 4.79 Å². The fourth-order valence-corrected chi connectivity index (χ4v) is 4.34. The molecule has 0 saturated carbocycles. The monoisotopic (exact) mass is 398 g/mol. The smallest absolute Gasteiger partial charge is 0.255 e. The normalized spacial score (nSPS) is 17.8. The fraction of sp³-hybridized carbons (Fsp3) is 0.435. The van der Waals surface area contributed by atoms with Crippen molar-refractivity contribution < 1.29 is 9.53 Å². The van der Waals surface area contributed by atoms with Gasteiger partial charge in [-0.25, -0.2) is 0 Å². The number of benzene rings is 2. The molecule has 1 amide bonds. The highest BCUT2D eigenvalue weighted by atomic mass is 35.5. The summed E-state index contributed by atoms with van der Waals surface area (Å²) in [5.41, 5.74) is 2.95. The molecule has 0 radical (unpaired) electrons. The number of carbonyl (C=O) groups excluding carboxylic acids is 1. The summed E-state index contributed by atoms with van der Waals surface area (Å²) in [6.45, 7) is 7.85. The molecule has 4 rings (SSSR count). The summed E-state index contributed by atoms with van der Waals surface area (Å²) < 4.78 is 6.14. The van der Waals surface area contributed by atoms with Crippen molar-refractivity contribution >= 4 is 17.5 Å². The first-order valence-corrected chi connectivity index (χ1v) is 10.5. The Kier molecular flexibility index (Phi) is 5.61. The van der Waals surface area contributed by atoms with Gasteiger partial charge in [-0.1, -0.05) is 35.9 Å². The van der Waals surface area contributed by atoms with Crippen LogP contribution in [-0.2, 0) is 13.1 Å². The van der Waals surface area contributed by atoms with Crippen LogP contribution in [-0.4, -0.2) is 40.9 Å². The summed E-state index contributed by atoms with van der Waals surface area (Å²) in [5.74, 6) is 0.715. The topological polar surface area (TPSA) is 32.8 Å². The molecule has 1 saturated heterocycles. The van der Waals surface area contributed by atoms with Crippen LogP contribution in [0.2, 0.25) is 5.02 Å². The number of carbonyl (C=O) groups is 1. The van der Waals surface area contributed by atoms with Crippen LogP contribution in [0, 0.1) is 0 Å². The molecule has 0 unspecified atom stereocenters. The van der Waals surface area contributed by atoms with E-state index in [0.29, 0.717) is 29.7 Å². The van der Waals surface area contributed by atoms with Crippen molar-refractivity contribution in [2.45, 2.75) is 51.9 Å². The van der Waals surface area contributed by atoms with Crippen LogP contribution in [0.25, 0.3) is 0 Å². The summed E-state index contributed by atoms with van der Waals surface area (Å²) in [5, 5.41) is 0.457. The number of halogens is 1. The van der Waals surface area contributed by atoms with Gasteiger partial charge in [-0.15, -0.1) is 0 Å². The summed E-state index contributed by atoms with van der Waals surface area (Å²) in [4.78, 5) is 17.2. The highest BCUT2D eigenvalue weighted by Gasteiger charge is 2.26. The first-order valence-electron chi connectivity index (χ1n) is 10.1. The number of likely N-dealkylation sites (tertiary alicyclic amines) is 1. The third kappa shape index (κ3) is 4.03. The number of hydrogen-bond donors (Lipinski definition) is 0. The Balaban J connectivity index is 1.39. The van der Waals surface area contributed by atoms with Crippen molar-refractivity contribution in [1.82, 2.24) is 9.80 Å². The maximum absolute atomic E-state index is 12.9. The lowest BCUT2D eigenvalue weighted by molar-refractivity contribution is 0.0751. The summed E-state index contributed by atoms with van der Waals surface area (Å²) in [7, 11) is 0. The molecule has 2 aromatic carbocycles. The average Bonchev–Trinajstić information content (AvgIpc) is 3.12. The van der Waals surface area contributed by atoms with E-state index in [1.54, 1.807) is 12.1 Å². The maximum Gasteiger partial charge on any atom is 0.255 e. The molecule has 148 valence electrons. The molecular weight excluding hydrogens is 372 g/mol. The molecule has 2 heterocycles. The van der Waals surface area contributed by atoms with E-state index in [1.165, 1.54) is 11.1 Å². The molecule has 28 heavy (non-hydrogen) atoms. The Hall–Kier alpha value is -2.04. The quantitative estimate of drug-likeness (QED) is 0.745. The van der Waals surface area contributed by atoms with Gasteiger partial charge in [0.05, 0.1) is 10.6 Å². The van der Waals surface area contributed by atoms with Crippen LogP contribution >= 0.6 is 11.6 Å². The van der Waals surface area contributed by atoms with Crippen LogP contribution in [0.4, 0.5) is 0 Å². The minimum atomic E-state index is -0.0296. The van der Waals surface area contributed by atoms with Crippen LogP contribution in [0.15, 0.2) is 42.5 Å². The van der Waals surface area contributed by atoms with Gasteiger partial charge < -0.3 is 14.5 Å². The van der Waals surface area contributed by atoms with E-state index >= 15 is 0 Å². The van der Waals surface area contributed by atoms with E-state index in [4.69, 9.17) is 16.3 Å². The zero-order valence-electron chi connectivity index (χ0n) is 16.5. The molecule has 0 aromatic heterocycles. The SMILES string of the molecule is CC(C)N1CCC(Oc2ccc(C(=O)N3Cc4ccccc4C3)c(Cl)c2)CC1. The Morgan fingerprint density at radius 1 is 1.07 bits per heavy atom. The van der Waals surface area contributed by atoms with Gasteiger partial charge in [0.25, 0.3) is 5.91 Å². The number of piperidine rings is 1. The second-order valence-corrected chi connectivity index (χ2v) is 8.43. The number of fused-ring (bicyclic) bond motifs is 1. The highest BCUT2D eigenvalue weighted by molar-refractivity contribution is 6.34. The fourth-order valence-electron chi connectivity index (χ4n) is 4.09. The van der Waals surface area contributed by atoms with Gasteiger partial charge in [0.2, 0.25) is 0 Å². The second kappa shape index (κ2) is 8.14. The van der Waals surface area contributed by atoms with Gasteiger partial charge in [0.1, 0.15) is 11.9 Å². The third-order valence-electron chi connectivity index (χ3n) is 5.81. The minimum Gasteiger partial charge on any atom is -0.490 e. The molecule has 4 nitrogen and oxygen atoms in total. The molecule has 0 atom stereocenters. The predicted molar refractivity (Wildman–Crippen MR) is 112 cm³/mol. The molecule has 5 heteroatoms. The summed E-state index contributed by atoms with van der Waals surface area (Å²) in [6.07, 6.45) is 2.24. The van der Waals surface area contributed by atoms with Crippen molar-refractivity contribution in [2.24, 2.45) is 0 Å². The van der Waals surface area contributed by atoms with Gasteiger partial charge in [-0.2, -0.15) is 0 Å². The van der Waals surface area contributed by atoms with Gasteiger partial charge in [0, 0.05) is 32.2 Å². The summed E-state index contributed by atoms with van der Waals surface area (Å²) >= 11 is 6.46. The highest BCUT2D eigenvalue weighted by Crippen LogP contribution is 2.29. The van der Waals surface area contributed by atoms with Crippen molar-refractivity contribution in [3.05, 3.63) is 64.2 Å². The zero-order chi connectivity index (χ0) is 19.7. The van der Waals surface area contributed by atoms with Gasteiger partial charge in [0.15, 0.2) is 0 Å². The van der Waals surface area contributed by atoms with E-state index in [1.807, 2.05) is 23.1 Å².